The van der Waals surface area contributed by atoms with E-state index in [9.17, 15) is 10.1 Å². The van der Waals surface area contributed by atoms with Crippen molar-refractivity contribution >= 4 is 5.91 Å². The van der Waals surface area contributed by atoms with Crippen molar-refractivity contribution in [1.29, 1.82) is 5.26 Å². The molecule has 1 amide bonds. The van der Waals surface area contributed by atoms with Gasteiger partial charge in [0.15, 0.2) is 0 Å². The number of nitriles is 1. The fourth-order valence-electron chi connectivity index (χ4n) is 2.18. The lowest BCUT2D eigenvalue weighted by molar-refractivity contribution is 0.0767. The summed E-state index contributed by atoms with van der Waals surface area (Å²) in [6, 6.07) is 16.5. The summed E-state index contributed by atoms with van der Waals surface area (Å²) in [5, 5.41) is 18.2. The van der Waals surface area contributed by atoms with Gasteiger partial charge < -0.3 is 10.0 Å². The minimum atomic E-state index is -0.174. The number of benzene rings is 2. The molecule has 0 aliphatic carbocycles. The molecular formula is C17H16N2O2. The summed E-state index contributed by atoms with van der Waals surface area (Å²) in [5.74, 6) is -0.174. The molecular weight excluding hydrogens is 264 g/mol. The predicted molar refractivity (Wildman–Crippen MR) is 80.6 cm³/mol. The molecule has 0 spiro atoms. The van der Waals surface area contributed by atoms with Gasteiger partial charge in [0, 0.05) is 24.7 Å². The van der Waals surface area contributed by atoms with Crippen LogP contribution in [-0.2, 0) is 0 Å². The van der Waals surface area contributed by atoms with Gasteiger partial charge in [0.05, 0.1) is 18.2 Å². The van der Waals surface area contributed by atoms with Gasteiger partial charge in [-0.05, 0) is 17.7 Å². The maximum Gasteiger partial charge on any atom is 0.254 e. The van der Waals surface area contributed by atoms with E-state index in [4.69, 9.17) is 5.11 Å². The number of likely N-dealkylation sites (N-methyl/N-ethyl adjacent to an activating group) is 1. The van der Waals surface area contributed by atoms with Gasteiger partial charge in [0.1, 0.15) is 0 Å². The molecule has 2 aromatic rings. The first-order chi connectivity index (χ1) is 10.2. The van der Waals surface area contributed by atoms with Crippen LogP contribution in [0.1, 0.15) is 15.9 Å². The molecule has 0 bridgehead atoms. The third kappa shape index (κ3) is 3.10. The molecule has 4 nitrogen and oxygen atoms in total. The third-order valence-electron chi connectivity index (χ3n) is 3.28. The van der Waals surface area contributed by atoms with E-state index in [0.29, 0.717) is 11.1 Å². The highest BCUT2D eigenvalue weighted by molar-refractivity contribution is 6.01. The Kier molecular flexibility index (Phi) is 4.70. The molecule has 0 atom stereocenters. The molecule has 4 heteroatoms. The van der Waals surface area contributed by atoms with Crippen LogP contribution in [0.2, 0.25) is 0 Å². The van der Waals surface area contributed by atoms with Gasteiger partial charge in [-0.2, -0.15) is 5.26 Å². The number of aliphatic hydroxyl groups is 1. The highest BCUT2D eigenvalue weighted by atomic mass is 16.3. The molecule has 21 heavy (non-hydrogen) atoms. The van der Waals surface area contributed by atoms with E-state index in [2.05, 4.69) is 6.07 Å². The molecule has 106 valence electrons. The number of nitrogens with zero attached hydrogens (tertiary/aromatic N) is 2. The Morgan fingerprint density at radius 1 is 1.14 bits per heavy atom. The summed E-state index contributed by atoms with van der Waals surface area (Å²) < 4.78 is 0. The van der Waals surface area contributed by atoms with Crippen molar-refractivity contribution in [1.82, 2.24) is 4.90 Å². The first-order valence-electron chi connectivity index (χ1n) is 6.64. The van der Waals surface area contributed by atoms with Crippen LogP contribution in [-0.4, -0.2) is 36.1 Å². The summed E-state index contributed by atoms with van der Waals surface area (Å²) in [6.45, 7) is 0.187. The van der Waals surface area contributed by atoms with Crippen molar-refractivity contribution in [2.24, 2.45) is 0 Å². The normalized spacial score (nSPS) is 9.95. The van der Waals surface area contributed by atoms with Gasteiger partial charge >= 0.3 is 0 Å². The zero-order valence-electron chi connectivity index (χ0n) is 11.8. The Hall–Kier alpha value is -2.64. The zero-order chi connectivity index (χ0) is 15.2. The van der Waals surface area contributed by atoms with Crippen LogP contribution in [0.15, 0.2) is 48.5 Å². The molecule has 2 aromatic carbocycles. The lowest BCUT2D eigenvalue weighted by Gasteiger charge is -2.18. The fourth-order valence-corrected chi connectivity index (χ4v) is 2.18. The van der Waals surface area contributed by atoms with E-state index in [-0.39, 0.29) is 19.1 Å². The Morgan fingerprint density at radius 2 is 1.76 bits per heavy atom. The molecule has 2 rings (SSSR count). The van der Waals surface area contributed by atoms with Crippen LogP contribution in [0.5, 0.6) is 0 Å². The number of hydrogen-bond donors (Lipinski definition) is 1. The zero-order valence-corrected chi connectivity index (χ0v) is 11.8. The summed E-state index contributed by atoms with van der Waals surface area (Å²) in [6.07, 6.45) is 0. The number of amides is 1. The Morgan fingerprint density at radius 3 is 2.43 bits per heavy atom. The Bertz CT molecular complexity index is 689. The van der Waals surface area contributed by atoms with E-state index in [1.165, 1.54) is 4.90 Å². The van der Waals surface area contributed by atoms with Crippen LogP contribution in [0, 0.1) is 11.3 Å². The number of hydrogen-bond acceptors (Lipinski definition) is 3. The second-order valence-electron chi connectivity index (χ2n) is 4.65. The van der Waals surface area contributed by atoms with Crippen LogP contribution in [0.25, 0.3) is 11.1 Å². The number of rotatable bonds is 4. The van der Waals surface area contributed by atoms with Crippen LogP contribution in [0.4, 0.5) is 0 Å². The van der Waals surface area contributed by atoms with Crippen LogP contribution in [0.3, 0.4) is 0 Å². The Labute approximate surface area is 123 Å². The fraction of sp³-hybridized carbons (Fsp3) is 0.176. The van der Waals surface area contributed by atoms with Gasteiger partial charge in [-0.1, -0.05) is 36.4 Å². The highest BCUT2D eigenvalue weighted by Gasteiger charge is 2.17. The standard InChI is InChI=1S/C17H16N2O2/c1-19(10-11-20)17(21)16-9-5-4-8-15(16)14-7-3-2-6-13(14)12-18/h2-9,20H,10-11H2,1H3. The molecule has 0 heterocycles. The first-order valence-corrected chi connectivity index (χ1v) is 6.64. The smallest absolute Gasteiger partial charge is 0.254 e. The van der Waals surface area contributed by atoms with E-state index < -0.39 is 0 Å². The highest BCUT2D eigenvalue weighted by Crippen LogP contribution is 2.27. The summed E-state index contributed by atoms with van der Waals surface area (Å²) in [7, 11) is 1.64. The van der Waals surface area contributed by atoms with Gasteiger partial charge in [0.25, 0.3) is 5.91 Å². The maximum absolute atomic E-state index is 12.5. The van der Waals surface area contributed by atoms with Gasteiger partial charge in [0.2, 0.25) is 0 Å². The molecule has 0 aliphatic rings. The maximum atomic E-state index is 12.5. The van der Waals surface area contributed by atoms with Gasteiger partial charge in [-0.15, -0.1) is 0 Å². The van der Waals surface area contributed by atoms with E-state index >= 15 is 0 Å². The molecule has 0 saturated carbocycles. The average Bonchev–Trinajstić information content (AvgIpc) is 2.54. The quantitative estimate of drug-likeness (QED) is 0.934. The number of aliphatic hydroxyl groups excluding tert-OH is 1. The lowest BCUT2D eigenvalue weighted by atomic mass is 9.95. The lowest BCUT2D eigenvalue weighted by Crippen LogP contribution is -2.29. The molecule has 0 saturated heterocycles. The van der Waals surface area contributed by atoms with Crippen molar-refractivity contribution < 1.29 is 9.90 Å². The topological polar surface area (TPSA) is 64.3 Å². The van der Waals surface area contributed by atoms with Gasteiger partial charge in [-0.25, -0.2) is 0 Å². The van der Waals surface area contributed by atoms with Crippen LogP contribution < -0.4 is 0 Å². The van der Waals surface area contributed by atoms with E-state index in [0.717, 1.165) is 11.1 Å². The molecule has 1 N–H and O–H groups in total. The number of carbonyl (C=O) groups is 1. The molecule has 0 radical (unpaired) electrons. The second kappa shape index (κ2) is 6.69. The first kappa shape index (κ1) is 14.8. The molecule has 0 aliphatic heterocycles. The average molecular weight is 280 g/mol. The summed E-state index contributed by atoms with van der Waals surface area (Å²) >= 11 is 0. The monoisotopic (exact) mass is 280 g/mol. The molecule has 0 fully saturated rings. The predicted octanol–water partition coefficient (Wildman–Crippen LogP) is 2.29. The van der Waals surface area contributed by atoms with Gasteiger partial charge in [-0.3, -0.25) is 4.79 Å². The summed E-state index contributed by atoms with van der Waals surface area (Å²) in [5.41, 5.74) is 2.52. The second-order valence-corrected chi connectivity index (χ2v) is 4.65. The SMILES string of the molecule is CN(CCO)C(=O)c1ccccc1-c1ccccc1C#N. The minimum Gasteiger partial charge on any atom is -0.395 e. The van der Waals surface area contributed by atoms with Crippen molar-refractivity contribution in [3.63, 3.8) is 0 Å². The third-order valence-corrected chi connectivity index (χ3v) is 3.28. The van der Waals surface area contributed by atoms with Crippen molar-refractivity contribution in [2.45, 2.75) is 0 Å². The Balaban J connectivity index is 2.52. The van der Waals surface area contributed by atoms with Crippen molar-refractivity contribution in [2.75, 3.05) is 20.2 Å². The largest absolute Gasteiger partial charge is 0.395 e. The van der Waals surface area contributed by atoms with E-state index in [1.807, 2.05) is 24.3 Å². The molecule has 0 aromatic heterocycles. The van der Waals surface area contributed by atoms with Crippen molar-refractivity contribution in [3.05, 3.63) is 59.7 Å². The molecule has 0 unspecified atom stereocenters. The minimum absolute atomic E-state index is 0.0841. The van der Waals surface area contributed by atoms with Crippen LogP contribution >= 0.6 is 0 Å². The number of carbonyl (C=O) groups excluding carboxylic acids is 1. The summed E-state index contributed by atoms with van der Waals surface area (Å²) in [4.78, 5) is 13.9. The van der Waals surface area contributed by atoms with Crippen molar-refractivity contribution in [3.8, 4) is 17.2 Å². The van der Waals surface area contributed by atoms with E-state index in [1.54, 1.807) is 31.3 Å².